The summed E-state index contributed by atoms with van der Waals surface area (Å²) in [5.74, 6) is 0.635. The number of aromatic nitrogens is 2. The van der Waals surface area contributed by atoms with Crippen LogP contribution in [-0.2, 0) is 0 Å². The summed E-state index contributed by atoms with van der Waals surface area (Å²) >= 11 is 0. The van der Waals surface area contributed by atoms with E-state index >= 15 is 0 Å². The highest BCUT2D eigenvalue weighted by atomic mass is 16.3. The number of phenols is 1. The molecule has 0 fully saturated rings. The Labute approximate surface area is 140 Å². The van der Waals surface area contributed by atoms with Crippen LogP contribution in [-0.4, -0.2) is 14.7 Å². The number of phenolic OH excluding ortho intramolecular Hbond substituents is 1. The summed E-state index contributed by atoms with van der Waals surface area (Å²) in [5, 5.41) is 10.5. The first-order chi connectivity index (χ1) is 11.5. The number of rotatable bonds is 2. The highest BCUT2D eigenvalue weighted by Crippen LogP contribution is 2.36. The van der Waals surface area contributed by atoms with Crippen molar-refractivity contribution in [2.45, 2.75) is 20.8 Å². The molecule has 4 aromatic rings. The Morgan fingerprint density at radius 2 is 1.62 bits per heavy atom. The number of hydrogen-bond acceptors (Lipinski definition) is 3. The molecule has 2 aromatic heterocycles. The van der Waals surface area contributed by atoms with Crippen LogP contribution in [0.3, 0.4) is 0 Å². The van der Waals surface area contributed by atoms with E-state index in [1.807, 2.05) is 67.2 Å². The average Bonchev–Trinajstić information content (AvgIpc) is 3.20. The maximum absolute atomic E-state index is 10.5. The maximum atomic E-state index is 10.5. The minimum atomic E-state index is 0.200. The third-order valence-corrected chi connectivity index (χ3v) is 4.42. The molecule has 0 amide bonds. The standard InChI is InChI=1S/C20H18N2O2/c1-12-9-17-18(10-13(12)2)24-20(21-17)16-11-15(8-14(3)19(16)23)22-6-4-5-7-22/h4-11,23H,1-3H3. The van der Waals surface area contributed by atoms with Crippen LogP contribution in [0.15, 0.2) is 53.2 Å². The van der Waals surface area contributed by atoms with Crippen LogP contribution in [0.4, 0.5) is 0 Å². The largest absolute Gasteiger partial charge is 0.507 e. The fourth-order valence-electron chi connectivity index (χ4n) is 2.87. The van der Waals surface area contributed by atoms with Gasteiger partial charge in [-0.25, -0.2) is 4.98 Å². The Morgan fingerprint density at radius 3 is 2.38 bits per heavy atom. The first-order valence-electron chi connectivity index (χ1n) is 7.88. The van der Waals surface area contributed by atoms with Crippen molar-refractivity contribution in [3.63, 3.8) is 0 Å². The molecule has 1 N–H and O–H groups in total. The van der Waals surface area contributed by atoms with E-state index in [4.69, 9.17) is 4.42 Å². The van der Waals surface area contributed by atoms with Crippen molar-refractivity contribution < 1.29 is 9.52 Å². The molecule has 0 aliphatic carbocycles. The van der Waals surface area contributed by atoms with Gasteiger partial charge < -0.3 is 14.1 Å². The number of fused-ring (bicyclic) bond motifs is 1. The molecule has 0 spiro atoms. The van der Waals surface area contributed by atoms with Crippen molar-refractivity contribution in [2.24, 2.45) is 0 Å². The van der Waals surface area contributed by atoms with Crippen LogP contribution in [0.5, 0.6) is 5.75 Å². The fourth-order valence-corrected chi connectivity index (χ4v) is 2.87. The van der Waals surface area contributed by atoms with Crippen LogP contribution in [0, 0.1) is 20.8 Å². The van der Waals surface area contributed by atoms with Gasteiger partial charge in [-0.2, -0.15) is 0 Å². The van der Waals surface area contributed by atoms with E-state index in [2.05, 4.69) is 11.9 Å². The zero-order valence-corrected chi connectivity index (χ0v) is 13.9. The van der Waals surface area contributed by atoms with Crippen molar-refractivity contribution in [3.8, 4) is 22.9 Å². The van der Waals surface area contributed by atoms with Gasteiger partial charge in [0, 0.05) is 18.1 Å². The average molecular weight is 318 g/mol. The maximum Gasteiger partial charge on any atom is 0.231 e. The molecule has 0 unspecified atom stereocenters. The smallest absolute Gasteiger partial charge is 0.231 e. The van der Waals surface area contributed by atoms with E-state index in [0.717, 1.165) is 27.9 Å². The second-order valence-corrected chi connectivity index (χ2v) is 6.17. The van der Waals surface area contributed by atoms with E-state index in [9.17, 15) is 5.11 Å². The molecule has 0 saturated heterocycles. The summed E-state index contributed by atoms with van der Waals surface area (Å²) in [5.41, 5.74) is 6.21. The van der Waals surface area contributed by atoms with Gasteiger partial charge in [0.1, 0.15) is 11.3 Å². The van der Waals surface area contributed by atoms with Crippen molar-refractivity contribution in [1.82, 2.24) is 9.55 Å². The predicted molar refractivity (Wildman–Crippen MR) is 94.6 cm³/mol. The summed E-state index contributed by atoms with van der Waals surface area (Å²) < 4.78 is 7.91. The van der Waals surface area contributed by atoms with Gasteiger partial charge in [0.25, 0.3) is 0 Å². The van der Waals surface area contributed by atoms with Crippen LogP contribution >= 0.6 is 0 Å². The lowest BCUT2D eigenvalue weighted by Crippen LogP contribution is -1.93. The van der Waals surface area contributed by atoms with Crippen molar-refractivity contribution >= 4 is 11.1 Å². The number of aromatic hydroxyl groups is 1. The monoisotopic (exact) mass is 318 g/mol. The molecule has 0 radical (unpaired) electrons. The molecule has 0 aliphatic rings. The van der Waals surface area contributed by atoms with Crippen molar-refractivity contribution in [2.75, 3.05) is 0 Å². The molecule has 4 nitrogen and oxygen atoms in total. The Kier molecular flexibility index (Phi) is 3.20. The lowest BCUT2D eigenvalue weighted by molar-refractivity contribution is 0.470. The topological polar surface area (TPSA) is 51.2 Å². The second kappa shape index (κ2) is 5.27. The number of aryl methyl sites for hydroxylation is 3. The molecule has 0 atom stereocenters. The Balaban J connectivity index is 1.92. The van der Waals surface area contributed by atoms with Crippen molar-refractivity contribution in [1.29, 1.82) is 0 Å². The van der Waals surface area contributed by atoms with E-state index < -0.39 is 0 Å². The molecule has 0 saturated carbocycles. The molecule has 2 heterocycles. The Morgan fingerprint density at radius 1 is 0.917 bits per heavy atom. The van der Waals surface area contributed by atoms with Gasteiger partial charge in [0.2, 0.25) is 5.89 Å². The highest BCUT2D eigenvalue weighted by molar-refractivity contribution is 5.80. The quantitative estimate of drug-likeness (QED) is 0.571. The molecule has 24 heavy (non-hydrogen) atoms. The molecule has 4 heteroatoms. The SMILES string of the molecule is Cc1cc2nc(-c3cc(-n4cccc4)cc(C)c3O)oc2cc1C. The van der Waals surface area contributed by atoms with Crippen LogP contribution in [0.25, 0.3) is 28.2 Å². The van der Waals surface area contributed by atoms with Gasteiger partial charge in [0.05, 0.1) is 5.56 Å². The lowest BCUT2D eigenvalue weighted by Gasteiger charge is -2.09. The van der Waals surface area contributed by atoms with Crippen LogP contribution in [0.1, 0.15) is 16.7 Å². The predicted octanol–water partition coefficient (Wildman–Crippen LogP) is 4.92. The summed E-state index contributed by atoms with van der Waals surface area (Å²) in [6, 6.07) is 11.8. The summed E-state index contributed by atoms with van der Waals surface area (Å²) in [4.78, 5) is 4.57. The van der Waals surface area contributed by atoms with Crippen LogP contribution in [0.2, 0.25) is 0 Å². The minimum Gasteiger partial charge on any atom is -0.507 e. The summed E-state index contributed by atoms with van der Waals surface area (Å²) in [6.45, 7) is 5.98. The first-order valence-corrected chi connectivity index (χ1v) is 7.88. The zero-order chi connectivity index (χ0) is 16.8. The molecule has 0 bridgehead atoms. The molecule has 120 valence electrons. The number of hydrogen-bond donors (Lipinski definition) is 1. The molecular formula is C20H18N2O2. The number of oxazole rings is 1. The third-order valence-electron chi connectivity index (χ3n) is 4.42. The first kappa shape index (κ1) is 14.6. The normalized spacial score (nSPS) is 11.3. The summed E-state index contributed by atoms with van der Waals surface area (Å²) in [7, 11) is 0. The van der Waals surface area contributed by atoms with E-state index in [0.29, 0.717) is 11.5 Å². The van der Waals surface area contributed by atoms with Gasteiger partial charge in [0.15, 0.2) is 5.58 Å². The number of nitrogens with zero attached hydrogens (tertiary/aromatic N) is 2. The van der Waals surface area contributed by atoms with Gasteiger partial charge in [-0.15, -0.1) is 0 Å². The Bertz CT molecular complexity index is 1000. The molecular weight excluding hydrogens is 300 g/mol. The van der Waals surface area contributed by atoms with Gasteiger partial charge in [-0.1, -0.05) is 0 Å². The summed E-state index contributed by atoms with van der Waals surface area (Å²) in [6.07, 6.45) is 3.93. The highest BCUT2D eigenvalue weighted by Gasteiger charge is 2.16. The van der Waals surface area contributed by atoms with Crippen LogP contribution < -0.4 is 0 Å². The van der Waals surface area contributed by atoms with E-state index in [-0.39, 0.29) is 5.75 Å². The fraction of sp³-hybridized carbons (Fsp3) is 0.150. The zero-order valence-electron chi connectivity index (χ0n) is 13.9. The van der Waals surface area contributed by atoms with Gasteiger partial charge in [-0.05, 0) is 73.9 Å². The molecule has 0 aliphatic heterocycles. The number of benzene rings is 2. The third kappa shape index (κ3) is 2.27. The second-order valence-electron chi connectivity index (χ2n) is 6.17. The molecule has 4 rings (SSSR count). The van der Waals surface area contributed by atoms with E-state index in [1.165, 1.54) is 5.56 Å². The molecule has 2 aromatic carbocycles. The van der Waals surface area contributed by atoms with Gasteiger partial charge in [-0.3, -0.25) is 0 Å². The Hall–Kier alpha value is -3.01. The van der Waals surface area contributed by atoms with Crippen molar-refractivity contribution in [3.05, 3.63) is 65.5 Å². The van der Waals surface area contributed by atoms with E-state index in [1.54, 1.807) is 0 Å². The minimum absolute atomic E-state index is 0.200. The lowest BCUT2D eigenvalue weighted by atomic mass is 10.1. The van der Waals surface area contributed by atoms with Gasteiger partial charge >= 0.3 is 0 Å².